The summed E-state index contributed by atoms with van der Waals surface area (Å²) >= 11 is 0. The first-order valence-corrected chi connectivity index (χ1v) is 8.48. The van der Waals surface area contributed by atoms with E-state index in [0.717, 1.165) is 12.8 Å². The molecule has 0 aliphatic carbocycles. The molecular weight excluding hydrogens is 324 g/mol. The van der Waals surface area contributed by atoms with Crippen LogP contribution in [0.3, 0.4) is 0 Å². The fraction of sp³-hybridized carbons (Fsp3) is 0.500. The third-order valence-corrected chi connectivity index (χ3v) is 3.81. The van der Waals surface area contributed by atoms with E-state index < -0.39 is 5.97 Å². The molecule has 1 aliphatic heterocycles. The van der Waals surface area contributed by atoms with E-state index in [1.54, 1.807) is 24.3 Å². The first kappa shape index (κ1) is 18.8. The van der Waals surface area contributed by atoms with Crippen LogP contribution in [0, 0.1) is 0 Å². The maximum absolute atomic E-state index is 12.2. The lowest BCUT2D eigenvalue weighted by Crippen LogP contribution is -2.39. The molecule has 1 heterocycles. The first-order valence-electron chi connectivity index (χ1n) is 8.48. The number of para-hydroxylation sites is 2. The summed E-state index contributed by atoms with van der Waals surface area (Å²) in [5, 5.41) is 2.76. The summed E-state index contributed by atoms with van der Waals surface area (Å²) < 4.78 is 10.5. The normalized spacial score (nSPS) is 14.8. The summed E-state index contributed by atoms with van der Waals surface area (Å²) in [5.74, 6) is -0.654. The standard InChI is InChI=1S/C18H24N2O5/c1-3-6-13(2)19-16(21)12-25-18(23)11-20-14-7-4-5-8-15(14)24-10-9-17(20)22/h4-5,7-8,13H,3,6,9-12H2,1-2H3,(H,19,21)/t13-/m1/s1. The Bertz CT molecular complexity index is 632. The Morgan fingerprint density at radius 1 is 1.36 bits per heavy atom. The van der Waals surface area contributed by atoms with Crippen molar-refractivity contribution in [2.45, 2.75) is 39.2 Å². The largest absolute Gasteiger partial charge is 0.491 e. The molecule has 2 amide bonds. The molecule has 7 heteroatoms. The molecule has 2 rings (SSSR count). The zero-order chi connectivity index (χ0) is 18.2. The minimum atomic E-state index is -0.636. The van der Waals surface area contributed by atoms with Gasteiger partial charge in [-0.2, -0.15) is 0 Å². The van der Waals surface area contributed by atoms with E-state index in [0.29, 0.717) is 11.4 Å². The molecule has 7 nitrogen and oxygen atoms in total. The lowest BCUT2D eigenvalue weighted by Gasteiger charge is -2.21. The molecule has 1 aromatic carbocycles. The summed E-state index contributed by atoms with van der Waals surface area (Å²) in [7, 11) is 0. The number of nitrogens with one attached hydrogen (secondary N) is 1. The van der Waals surface area contributed by atoms with Crippen LogP contribution in [0.1, 0.15) is 33.1 Å². The molecular formula is C18H24N2O5. The number of rotatable bonds is 7. The van der Waals surface area contributed by atoms with Crippen molar-refractivity contribution < 1.29 is 23.9 Å². The number of anilines is 1. The number of ether oxygens (including phenoxy) is 2. The molecule has 1 aromatic rings. The molecule has 0 fully saturated rings. The lowest BCUT2D eigenvalue weighted by atomic mass is 10.2. The molecule has 136 valence electrons. The SMILES string of the molecule is CCC[C@@H](C)NC(=O)COC(=O)CN1C(=O)CCOc2ccccc21. The summed E-state index contributed by atoms with van der Waals surface area (Å²) in [6, 6.07) is 7.06. The molecule has 1 atom stereocenters. The van der Waals surface area contributed by atoms with Gasteiger partial charge in [-0.3, -0.25) is 19.3 Å². The Balaban J connectivity index is 1.91. The highest BCUT2D eigenvalue weighted by atomic mass is 16.5. The van der Waals surface area contributed by atoms with Crippen LogP contribution in [0.5, 0.6) is 5.75 Å². The second kappa shape index (κ2) is 9.05. The van der Waals surface area contributed by atoms with Gasteiger partial charge < -0.3 is 14.8 Å². The molecule has 0 aromatic heterocycles. The second-order valence-electron chi connectivity index (χ2n) is 5.96. The molecule has 25 heavy (non-hydrogen) atoms. The highest BCUT2D eigenvalue weighted by molar-refractivity contribution is 5.99. The van der Waals surface area contributed by atoms with Gasteiger partial charge in [-0.1, -0.05) is 25.5 Å². The predicted molar refractivity (Wildman–Crippen MR) is 92.4 cm³/mol. The van der Waals surface area contributed by atoms with E-state index in [-0.39, 0.29) is 44.0 Å². The van der Waals surface area contributed by atoms with E-state index in [9.17, 15) is 14.4 Å². The van der Waals surface area contributed by atoms with Gasteiger partial charge in [-0.25, -0.2) is 0 Å². The molecule has 0 unspecified atom stereocenters. The van der Waals surface area contributed by atoms with E-state index in [1.165, 1.54) is 4.90 Å². The molecule has 1 N–H and O–H groups in total. The quantitative estimate of drug-likeness (QED) is 0.758. The molecule has 0 saturated heterocycles. The Morgan fingerprint density at radius 3 is 2.88 bits per heavy atom. The summed E-state index contributed by atoms with van der Waals surface area (Å²) in [6.07, 6.45) is 2.00. The fourth-order valence-electron chi connectivity index (χ4n) is 2.64. The topological polar surface area (TPSA) is 84.9 Å². The number of carbonyl (C=O) groups is 3. The van der Waals surface area contributed by atoms with Crippen molar-refractivity contribution in [2.75, 3.05) is 24.7 Å². The molecule has 0 radical (unpaired) electrons. The van der Waals surface area contributed by atoms with Crippen LogP contribution in [-0.2, 0) is 19.1 Å². The number of benzene rings is 1. The van der Waals surface area contributed by atoms with Gasteiger partial charge in [0.15, 0.2) is 6.61 Å². The van der Waals surface area contributed by atoms with Crippen LogP contribution in [0.25, 0.3) is 0 Å². The number of esters is 1. The number of amides is 2. The van der Waals surface area contributed by atoms with Gasteiger partial charge in [0.1, 0.15) is 12.3 Å². The van der Waals surface area contributed by atoms with Crippen molar-refractivity contribution in [2.24, 2.45) is 0 Å². The van der Waals surface area contributed by atoms with Crippen LogP contribution < -0.4 is 15.0 Å². The summed E-state index contributed by atoms with van der Waals surface area (Å²) in [5.41, 5.74) is 0.531. The van der Waals surface area contributed by atoms with Gasteiger partial charge in [0.2, 0.25) is 5.91 Å². The van der Waals surface area contributed by atoms with E-state index in [4.69, 9.17) is 9.47 Å². The maximum atomic E-state index is 12.2. The smallest absolute Gasteiger partial charge is 0.326 e. The Morgan fingerprint density at radius 2 is 2.12 bits per heavy atom. The zero-order valence-electron chi connectivity index (χ0n) is 14.6. The maximum Gasteiger partial charge on any atom is 0.326 e. The predicted octanol–water partition coefficient (Wildman–Crippen LogP) is 1.65. The van der Waals surface area contributed by atoms with Gasteiger partial charge in [-0.15, -0.1) is 0 Å². The van der Waals surface area contributed by atoms with Gasteiger partial charge in [-0.05, 0) is 25.5 Å². The van der Waals surface area contributed by atoms with Gasteiger partial charge in [0.05, 0.1) is 18.7 Å². The molecule has 0 saturated carbocycles. The highest BCUT2D eigenvalue weighted by Gasteiger charge is 2.25. The van der Waals surface area contributed by atoms with E-state index in [2.05, 4.69) is 5.32 Å². The zero-order valence-corrected chi connectivity index (χ0v) is 14.6. The van der Waals surface area contributed by atoms with Crippen LogP contribution in [0.4, 0.5) is 5.69 Å². The number of fused-ring (bicyclic) bond motifs is 1. The minimum Gasteiger partial charge on any atom is -0.491 e. The molecule has 1 aliphatic rings. The van der Waals surface area contributed by atoms with Crippen LogP contribution in [-0.4, -0.2) is 43.6 Å². The van der Waals surface area contributed by atoms with Crippen molar-refractivity contribution in [3.8, 4) is 5.75 Å². The van der Waals surface area contributed by atoms with Gasteiger partial charge >= 0.3 is 5.97 Å². The number of hydrogen-bond donors (Lipinski definition) is 1. The van der Waals surface area contributed by atoms with Gasteiger partial charge in [0.25, 0.3) is 5.91 Å². The van der Waals surface area contributed by atoms with Crippen molar-refractivity contribution in [1.29, 1.82) is 0 Å². The van der Waals surface area contributed by atoms with E-state index in [1.807, 2.05) is 13.8 Å². The van der Waals surface area contributed by atoms with Crippen molar-refractivity contribution in [3.63, 3.8) is 0 Å². The van der Waals surface area contributed by atoms with E-state index >= 15 is 0 Å². The van der Waals surface area contributed by atoms with Crippen molar-refractivity contribution in [3.05, 3.63) is 24.3 Å². The third-order valence-electron chi connectivity index (χ3n) is 3.81. The number of hydrogen-bond acceptors (Lipinski definition) is 5. The van der Waals surface area contributed by atoms with Crippen LogP contribution >= 0.6 is 0 Å². The average Bonchev–Trinajstić information content (AvgIpc) is 2.73. The minimum absolute atomic E-state index is 0.0346. The summed E-state index contributed by atoms with van der Waals surface area (Å²) in [4.78, 5) is 37.4. The summed E-state index contributed by atoms with van der Waals surface area (Å²) in [6.45, 7) is 3.58. The Kier molecular flexibility index (Phi) is 6.80. The second-order valence-corrected chi connectivity index (χ2v) is 5.96. The van der Waals surface area contributed by atoms with Gasteiger partial charge in [0, 0.05) is 6.04 Å². The van der Waals surface area contributed by atoms with Crippen LogP contribution in [0.2, 0.25) is 0 Å². The van der Waals surface area contributed by atoms with Crippen molar-refractivity contribution >= 4 is 23.5 Å². The lowest BCUT2D eigenvalue weighted by molar-refractivity contribution is -0.147. The molecule has 0 bridgehead atoms. The fourth-order valence-corrected chi connectivity index (χ4v) is 2.64. The first-order chi connectivity index (χ1) is 12.0. The Labute approximate surface area is 147 Å². The van der Waals surface area contributed by atoms with Crippen molar-refractivity contribution in [1.82, 2.24) is 5.32 Å². The third kappa shape index (κ3) is 5.48. The van der Waals surface area contributed by atoms with Crippen LogP contribution in [0.15, 0.2) is 24.3 Å². The molecule has 0 spiro atoms. The number of nitrogens with zero attached hydrogens (tertiary/aromatic N) is 1. The highest BCUT2D eigenvalue weighted by Crippen LogP contribution is 2.30. The monoisotopic (exact) mass is 348 g/mol. The Hall–Kier alpha value is -2.57. The average molecular weight is 348 g/mol. The number of carbonyl (C=O) groups excluding carboxylic acids is 3.